The lowest BCUT2D eigenvalue weighted by molar-refractivity contribution is 0.290. The summed E-state index contributed by atoms with van der Waals surface area (Å²) in [5, 5.41) is 3.48. The molecule has 88 valence electrons. The normalized spacial score (nSPS) is 26.9. The highest BCUT2D eigenvalue weighted by molar-refractivity contribution is 5.52. The number of aromatic nitrogens is 1. The molecular weight excluding hydrogens is 217 g/mol. The highest BCUT2D eigenvalue weighted by Crippen LogP contribution is 2.28. The van der Waals surface area contributed by atoms with Gasteiger partial charge in [-0.25, -0.2) is 4.98 Å². The third-order valence-corrected chi connectivity index (χ3v) is 3.66. The van der Waals surface area contributed by atoms with Gasteiger partial charge in [0.1, 0.15) is 0 Å². The Labute approximate surface area is 100 Å². The van der Waals surface area contributed by atoms with Crippen LogP contribution in [0.1, 0.15) is 18.4 Å². The van der Waals surface area contributed by atoms with Gasteiger partial charge in [-0.15, -0.1) is 6.42 Å². The maximum atomic E-state index is 13.2. The van der Waals surface area contributed by atoms with E-state index in [4.69, 9.17) is 6.42 Å². The third kappa shape index (κ3) is 1.77. The fourth-order valence-electron chi connectivity index (χ4n) is 2.72. The number of nitrogens with zero attached hydrogens (tertiary/aromatic N) is 2. The van der Waals surface area contributed by atoms with E-state index in [1.165, 1.54) is 12.8 Å². The summed E-state index contributed by atoms with van der Waals surface area (Å²) in [6, 6.07) is 2.75. The van der Waals surface area contributed by atoms with Gasteiger partial charge in [-0.3, -0.25) is 0 Å². The Morgan fingerprint density at radius 3 is 3.00 bits per heavy atom. The number of nitrogens with one attached hydrogen (secondary N) is 1. The summed E-state index contributed by atoms with van der Waals surface area (Å²) in [5.41, 5.74) is 1.19. The lowest BCUT2D eigenvalue weighted by atomic mass is 9.92. The zero-order valence-corrected chi connectivity index (χ0v) is 9.49. The molecule has 1 N–H and O–H groups in total. The van der Waals surface area contributed by atoms with Gasteiger partial charge in [0.25, 0.3) is 0 Å². The summed E-state index contributed by atoms with van der Waals surface area (Å²) in [5.74, 6) is 1.78. The van der Waals surface area contributed by atoms with E-state index in [1.54, 1.807) is 12.3 Å². The van der Waals surface area contributed by atoms with Gasteiger partial charge in [0.15, 0.2) is 0 Å². The van der Waals surface area contributed by atoms with E-state index in [2.05, 4.69) is 21.1 Å². The van der Waals surface area contributed by atoms with Gasteiger partial charge < -0.3 is 10.2 Å². The number of anilines is 1. The van der Waals surface area contributed by atoms with Gasteiger partial charge in [-0.1, -0.05) is 5.92 Å². The number of terminal acetylenes is 1. The molecule has 0 aliphatic carbocycles. The summed E-state index contributed by atoms with van der Waals surface area (Å²) in [4.78, 5) is 6.03. The van der Waals surface area contributed by atoms with Crippen LogP contribution in [0.15, 0.2) is 12.3 Å². The monoisotopic (exact) mass is 231 g/mol. The van der Waals surface area contributed by atoms with Crippen molar-refractivity contribution in [3.05, 3.63) is 23.8 Å². The molecule has 1 aromatic rings. The average Bonchev–Trinajstić information content (AvgIpc) is 2.40. The fraction of sp³-hybridized carbons (Fsp3) is 0.462. The Morgan fingerprint density at radius 2 is 2.41 bits per heavy atom. The van der Waals surface area contributed by atoms with E-state index >= 15 is 0 Å². The fourth-order valence-corrected chi connectivity index (χ4v) is 2.72. The molecule has 3 fully saturated rings. The van der Waals surface area contributed by atoms with Crippen molar-refractivity contribution in [1.82, 2.24) is 10.3 Å². The maximum Gasteiger partial charge on any atom is 0.228 e. The number of piperidine rings is 2. The van der Waals surface area contributed by atoms with E-state index in [-0.39, 0.29) is 5.56 Å². The Morgan fingerprint density at radius 1 is 1.53 bits per heavy atom. The number of hydrogen-bond acceptors (Lipinski definition) is 3. The number of hydrogen-bond donors (Lipinski definition) is 1. The molecule has 3 aliphatic heterocycles. The molecule has 3 aliphatic rings. The molecule has 3 nitrogen and oxygen atoms in total. The average molecular weight is 231 g/mol. The lowest BCUT2D eigenvalue weighted by Gasteiger charge is -2.47. The Kier molecular flexibility index (Phi) is 2.49. The van der Waals surface area contributed by atoms with Crippen molar-refractivity contribution in [2.45, 2.75) is 24.9 Å². The number of pyridine rings is 1. The molecule has 2 atom stereocenters. The summed E-state index contributed by atoms with van der Waals surface area (Å²) in [6.45, 7) is 1.95. The molecule has 0 aromatic carbocycles. The number of fused-ring (bicyclic) bond motifs is 3. The van der Waals surface area contributed by atoms with Crippen molar-refractivity contribution in [1.29, 1.82) is 0 Å². The van der Waals surface area contributed by atoms with Gasteiger partial charge in [-0.2, -0.15) is 4.39 Å². The van der Waals surface area contributed by atoms with Crippen LogP contribution in [0.3, 0.4) is 0 Å². The second-order valence-electron chi connectivity index (χ2n) is 4.66. The number of piperazine rings is 1. The first-order valence-corrected chi connectivity index (χ1v) is 5.90. The second kappa shape index (κ2) is 4.01. The summed E-state index contributed by atoms with van der Waals surface area (Å²) in [6.07, 6.45) is 9.25. The van der Waals surface area contributed by atoms with E-state index in [0.29, 0.717) is 12.1 Å². The minimum atomic E-state index is -0.559. The van der Waals surface area contributed by atoms with E-state index < -0.39 is 5.95 Å². The van der Waals surface area contributed by atoms with Crippen LogP contribution in [0.2, 0.25) is 0 Å². The largest absolute Gasteiger partial charge is 0.364 e. The summed E-state index contributed by atoms with van der Waals surface area (Å²) >= 11 is 0. The van der Waals surface area contributed by atoms with E-state index in [1.807, 2.05) is 0 Å². The van der Waals surface area contributed by atoms with Gasteiger partial charge in [0, 0.05) is 25.2 Å². The molecule has 0 amide bonds. The first-order valence-electron chi connectivity index (χ1n) is 5.90. The van der Waals surface area contributed by atoms with Crippen molar-refractivity contribution in [2.24, 2.45) is 0 Å². The van der Waals surface area contributed by atoms with Crippen LogP contribution in [0, 0.1) is 18.3 Å². The van der Waals surface area contributed by atoms with Gasteiger partial charge in [0.2, 0.25) is 5.95 Å². The molecule has 2 bridgehead atoms. The summed E-state index contributed by atoms with van der Waals surface area (Å²) in [7, 11) is 0. The quantitative estimate of drug-likeness (QED) is 0.580. The second-order valence-corrected chi connectivity index (χ2v) is 4.66. The molecule has 0 unspecified atom stereocenters. The van der Waals surface area contributed by atoms with Crippen molar-refractivity contribution in [3.8, 4) is 12.3 Å². The first kappa shape index (κ1) is 10.5. The zero-order valence-electron chi connectivity index (χ0n) is 9.49. The molecule has 0 radical (unpaired) electrons. The maximum absolute atomic E-state index is 13.2. The van der Waals surface area contributed by atoms with Gasteiger partial charge in [-0.05, 0) is 18.9 Å². The van der Waals surface area contributed by atoms with Gasteiger partial charge >= 0.3 is 0 Å². The Balaban J connectivity index is 1.92. The number of rotatable bonds is 1. The molecule has 4 heterocycles. The van der Waals surface area contributed by atoms with E-state index in [0.717, 1.165) is 18.8 Å². The van der Waals surface area contributed by atoms with Crippen LogP contribution in [0.5, 0.6) is 0 Å². The van der Waals surface area contributed by atoms with E-state index in [9.17, 15) is 4.39 Å². The SMILES string of the molecule is C#Cc1cc(N2C[C@H]3CC[C@@H]2CN3)cnc1F. The molecule has 17 heavy (non-hydrogen) atoms. The highest BCUT2D eigenvalue weighted by atomic mass is 19.1. The topological polar surface area (TPSA) is 28.2 Å². The van der Waals surface area contributed by atoms with Crippen LogP contribution < -0.4 is 10.2 Å². The minimum absolute atomic E-state index is 0.247. The van der Waals surface area contributed by atoms with Crippen LogP contribution in [-0.4, -0.2) is 30.2 Å². The zero-order chi connectivity index (χ0) is 11.8. The highest BCUT2D eigenvalue weighted by Gasteiger charge is 2.33. The van der Waals surface area contributed by atoms with Crippen LogP contribution in [-0.2, 0) is 0 Å². The molecule has 1 aromatic heterocycles. The smallest absolute Gasteiger partial charge is 0.228 e. The van der Waals surface area contributed by atoms with Crippen molar-refractivity contribution < 1.29 is 4.39 Å². The Bertz CT molecular complexity index is 472. The lowest BCUT2D eigenvalue weighted by Crippen LogP contribution is -2.61. The predicted octanol–water partition coefficient (Wildman–Crippen LogP) is 1.14. The third-order valence-electron chi connectivity index (χ3n) is 3.66. The molecule has 0 saturated carbocycles. The molecular formula is C13H14FN3. The number of halogens is 1. The molecule has 0 spiro atoms. The predicted molar refractivity (Wildman–Crippen MR) is 64.3 cm³/mol. The van der Waals surface area contributed by atoms with Crippen molar-refractivity contribution >= 4 is 5.69 Å². The molecule has 4 rings (SSSR count). The molecule has 3 saturated heterocycles. The van der Waals surface area contributed by atoms with Crippen LogP contribution >= 0.6 is 0 Å². The van der Waals surface area contributed by atoms with Gasteiger partial charge in [0.05, 0.1) is 17.4 Å². The molecule has 4 heteroatoms. The van der Waals surface area contributed by atoms with Crippen molar-refractivity contribution in [2.75, 3.05) is 18.0 Å². The van der Waals surface area contributed by atoms with Crippen LogP contribution in [0.25, 0.3) is 0 Å². The Hall–Kier alpha value is -1.60. The summed E-state index contributed by atoms with van der Waals surface area (Å²) < 4.78 is 13.2. The minimum Gasteiger partial charge on any atom is -0.364 e. The van der Waals surface area contributed by atoms with Crippen molar-refractivity contribution in [3.63, 3.8) is 0 Å². The van der Waals surface area contributed by atoms with Crippen LogP contribution in [0.4, 0.5) is 10.1 Å². The standard InChI is InChI=1S/C13H14FN3/c1-2-9-5-12(7-16-13(9)14)17-8-10-3-4-11(17)6-15-10/h1,5,7,10-11,15H,3-4,6,8H2/t10-,11-/m1/s1. The first-order chi connectivity index (χ1) is 8.28.